The molecule has 0 unspecified atom stereocenters. The number of anilines is 1. The number of hydrogen-bond donors (Lipinski definition) is 0. The lowest BCUT2D eigenvalue weighted by molar-refractivity contribution is 0.0774. The first-order valence-corrected chi connectivity index (χ1v) is 17.6. The van der Waals surface area contributed by atoms with Gasteiger partial charge in [0.2, 0.25) is 5.72 Å². The van der Waals surface area contributed by atoms with Gasteiger partial charge in [0.05, 0.1) is 11.6 Å². The molecule has 0 saturated carbocycles. The van der Waals surface area contributed by atoms with Crippen LogP contribution in [0.25, 0.3) is 21.5 Å². The zero-order valence-electron chi connectivity index (χ0n) is 27.4. The second-order valence-corrected chi connectivity index (χ2v) is 13.8. The maximum atomic E-state index is 7.16. The van der Waals surface area contributed by atoms with E-state index in [9.17, 15) is 0 Å². The van der Waals surface area contributed by atoms with E-state index in [0.29, 0.717) is 0 Å². The molecule has 44 heavy (non-hydrogen) atoms. The summed E-state index contributed by atoms with van der Waals surface area (Å²) in [5, 5.41) is 4.84. The summed E-state index contributed by atoms with van der Waals surface area (Å²) in [6.07, 6.45) is 21.3. The van der Waals surface area contributed by atoms with Crippen molar-refractivity contribution in [2.45, 2.75) is 122 Å². The molecule has 6 rings (SSSR count). The Bertz CT molecular complexity index is 1590. The lowest BCUT2D eigenvalue weighted by Crippen LogP contribution is -2.62. The highest BCUT2D eigenvalue weighted by Gasteiger charge is 2.59. The number of rotatable bonds is 15. The van der Waals surface area contributed by atoms with Crippen LogP contribution in [0.1, 0.15) is 116 Å². The van der Waals surface area contributed by atoms with E-state index in [4.69, 9.17) is 9.73 Å². The van der Waals surface area contributed by atoms with E-state index < -0.39 is 5.72 Å². The van der Waals surface area contributed by atoms with E-state index in [1.54, 1.807) is 0 Å². The van der Waals surface area contributed by atoms with Crippen molar-refractivity contribution in [2.24, 2.45) is 4.99 Å². The first-order valence-electron chi connectivity index (χ1n) is 17.6. The van der Waals surface area contributed by atoms with Gasteiger partial charge in [-0.25, -0.2) is 0 Å². The minimum Gasteiger partial charge on any atom is -0.459 e. The maximum absolute atomic E-state index is 7.16. The van der Waals surface area contributed by atoms with Gasteiger partial charge in [0.25, 0.3) is 0 Å². The number of fused-ring (bicyclic) bond motifs is 5. The third-order valence-electron chi connectivity index (χ3n) is 10.4. The van der Waals surface area contributed by atoms with Gasteiger partial charge in [0.1, 0.15) is 11.4 Å². The number of para-hydroxylation sites is 1. The predicted molar refractivity (Wildman–Crippen MR) is 190 cm³/mol. The van der Waals surface area contributed by atoms with Crippen LogP contribution < -0.4 is 9.64 Å². The molecule has 2 aliphatic heterocycles. The largest absolute Gasteiger partial charge is 0.459 e. The first-order chi connectivity index (χ1) is 21.5. The monoisotopic (exact) mass is 588 g/mol. The Labute approximate surface area is 265 Å². The zero-order valence-corrected chi connectivity index (χ0v) is 27.4. The third kappa shape index (κ3) is 6.00. The average molecular weight is 589 g/mol. The molecule has 0 aliphatic carbocycles. The van der Waals surface area contributed by atoms with E-state index >= 15 is 0 Å². The van der Waals surface area contributed by atoms with Crippen LogP contribution in [-0.2, 0) is 5.41 Å². The molecule has 0 amide bonds. The molecule has 0 saturated heterocycles. The van der Waals surface area contributed by atoms with Crippen LogP contribution in [-0.4, -0.2) is 18.5 Å². The van der Waals surface area contributed by atoms with Crippen LogP contribution in [0, 0.1) is 0 Å². The van der Waals surface area contributed by atoms with Gasteiger partial charge in [-0.2, -0.15) is 0 Å². The summed E-state index contributed by atoms with van der Waals surface area (Å²) in [6, 6.07) is 26.3. The van der Waals surface area contributed by atoms with Crippen molar-refractivity contribution in [3.63, 3.8) is 0 Å². The van der Waals surface area contributed by atoms with E-state index in [2.05, 4.69) is 105 Å². The molecule has 2 aliphatic rings. The van der Waals surface area contributed by atoms with Gasteiger partial charge in [-0.1, -0.05) is 139 Å². The minimum absolute atomic E-state index is 0.251. The molecule has 1 atom stereocenters. The van der Waals surface area contributed by atoms with Gasteiger partial charge in [-0.15, -0.1) is 0 Å². The van der Waals surface area contributed by atoms with Gasteiger partial charge < -0.3 is 9.64 Å². The third-order valence-corrected chi connectivity index (χ3v) is 10.4. The molecule has 4 aromatic rings. The summed E-state index contributed by atoms with van der Waals surface area (Å²) in [5.74, 6) is 0.877. The summed E-state index contributed by atoms with van der Waals surface area (Å²) in [5.41, 5.74) is 2.67. The van der Waals surface area contributed by atoms with E-state index in [1.165, 1.54) is 111 Å². The van der Waals surface area contributed by atoms with Gasteiger partial charge in [-0.05, 0) is 66.3 Å². The quantitative estimate of drug-likeness (QED) is 0.102. The molecule has 0 radical (unpaired) electrons. The Morgan fingerprint density at radius 2 is 1.23 bits per heavy atom. The first kappa shape index (κ1) is 30.7. The molecular formula is C41H52N2O. The second-order valence-electron chi connectivity index (χ2n) is 13.8. The van der Waals surface area contributed by atoms with Crippen molar-refractivity contribution in [3.05, 3.63) is 78.4 Å². The smallest absolute Gasteiger partial charge is 0.228 e. The Kier molecular flexibility index (Phi) is 9.59. The van der Waals surface area contributed by atoms with E-state index in [-0.39, 0.29) is 5.41 Å². The predicted octanol–water partition coefficient (Wildman–Crippen LogP) is 12.1. The van der Waals surface area contributed by atoms with Gasteiger partial charge in [0, 0.05) is 17.6 Å². The van der Waals surface area contributed by atoms with E-state index in [0.717, 1.165) is 29.8 Å². The lowest BCUT2D eigenvalue weighted by Gasteiger charge is -2.46. The van der Waals surface area contributed by atoms with Crippen LogP contribution in [0.5, 0.6) is 5.75 Å². The van der Waals surface area contributed by atoms with Crippen LogP contribution in [0.2, 0.25) is 0 Å². The topological polar surface area (TPSA) is 24.8 Å². The van der Waals surface area contributed by atoms with Crippen molar-refractivity contribution >= 4 is 39.1 Å². The number of ether oxygens (including phenoxy) is 1. The highest BCUT2D eigenvalue weighted by molar-refractivity contribution is 6.06. The maximum Gasteiger partial charge on any atom is 0.228 e. The SMILES string of the molecule is CCCCCCCCCCCCCCCCN1c2ccccc2C(C)(C)[C@@]12C=Nc1c(ccc3cc4ccccc4cc13)O2. The highest BCUT2D eigenvalue weighted by Crippen LogP contribution is 2.55. The minimum atomic E-state index is -0.648. The molecule has 232 valence electrons. The van der Waals surface area contributed by atoms with Crippen molar-refractivity contribution in [1.82, 2.24) is 0 Å². The molecule has 0 bridgehead atoms. The van der Waals surface area contributed by atoms with Gasteiger partial charge in [-0.3, -0.25) is 4.99 Å². The van der Waals surface area contributed by atoms with Crippen LogP contribution in [0.3, 0.4) is 0 Å². The zero-order chi connectivity index (χ0) is 30.4. The van der Waals surface area contributed by atoms with Crippen LogP contribution in [0.4, 0.5) is 11.4 Å². The van der Waals surface area contributed by atoms with Gasteiger partial charge in [0.15, 0.2) is 0 Å². The number of benzene rings is 4. The Hall–Kier alpha value is -3.33. The number of nitrogens with zero attached hydrogens (tertiary/aromatic N) is 2. The highest BCUT2D eigenvalue weighted by atomic mass is 16.5. The second kappa shape index (κ2) is 13.8. The Balaban J connectivity index is 1.09. The Morgan fingerprint density at radius 1 is 0.636 bits per heavy atom. The summed E-state index contributed by atoms with van der Waals surface area (Å²) in [7, 11) is 0. The molecule has 4 aromatic carbocycles. The van der Waals surface area contributed by atoms with Crippen molar-refractivity contribution in [1.29, 1.82) is 0 Å². The molecule has 3 nitrogen and oxygen atoms in total. The summed E-state index contributed by atoms with van der Waals surface area (Å²) < 4.78 is 7.16. The van der Waals surface area contributed by atoms with E-state index in [1.807, 2.05) is 0 Å². The summed E-state index contributed by atoms with van der Waals surface area (Å²) in [4.78, 5) is 7.73. The van der Waals surface area contributed by atoms with Crippen molar-refractivity contribution in [3.8, 4) is 5.75 Å². The number of hydrogen-bond acceptors (Lipinski definition) is 3. The molecule has 2 heterocycles. The standard InChI is InChI=1S/C41H52N2O/c1-4-5-6-7-8-9-10-11-12-13-14-15-16-21-28-43-37-25-20-19-24-36(37)40(2,3)41(43)31-42-39-35-30-33-23-18-17-22-32(33)29-34(35)26-27-38(39)44-41/h17-20,22-27,29-31H,4-16,21,28H2,1-3H3/t41-/m0/s1. The Morgan fingerprint density at radius 3 is 1.91 bits per heavy atom. The average Bonchev–Trinajstić information content (AvgIpc) is 3.22. The molecule has 0 aromatic heterocycles. The van der Waals surface area contributed by atoms with Crippen LogP contribution >= 0.6 is 0 Å². The summed E-state index contributed by atoms with van der Waals surface area (Å²) >= 11 is 0. The molecule has 0 N–H and O–H groups in total. The van der Waals surface area contributed by atoms with Crippen molar-refractivity contribution < 1.29 is 4.74 Å². The van der Waals surface area contributed by atoms with Gasteiger partial charge >= 0.3 is 0 Å². The fourth-order valence-electron chi connectivity index (χ4n) is 7.65. The molecule has 0 fully saturated rings. The van der Waals surface area contributed by atoms with Crippen LogP contribution in [0.15, 0.2) is 77.8 Å². The molecule has 3 heteroatoms. The van der Waals surface area contributed by atoms with Crippen molar-refractivity contribution in [2.75, 3.05) is 11.4 Å². The summed E-state index contributed by atoms with van der Waals surface area (Å²) in [6.45, 7) is 7.91. The fourth-order valence-corrected chi connectivity index (χ4v) is 7.65. The normalized spacial score (nSPS) is 18.2. The fraction of sp³-hybridized carbons (Fsp3) is 0.488. The number of aliphatic imine (C=N–C) groups is 1. The number of unbranched alkanes of at least 4 members (excludes halogenated alkanes) is 13. The lowest BCUT2D eigenvalue weighted by atomic mass is 9.77. The molecule has 1 spiro atoms. The molecular weight excluding hydrogens is 536 g/mol.